The molecule has 0 saturated carbocycles. The Kier molecular flexibility index (Phi) is 8.21. The highest BCUT2D eigenvalue weighted by Crippen LogP contribution is 2.29. The fourth-order valence-corrected chi connectivity index (χ4v) is 4.75. The van der Waals surface area contributed by atoms with Gasteiger partial charge in [0.25, 0.3) is 11.6 Å². The van der Waals surface area contributed by atoms with E-state index in [0.29, 0.717) is 11.6 Å². The second-order valence-corrected chi connectivity index (χ2v) is 8.99. The average molecular weight is 662 g/mol. The molecule has 10 heteroatoms. The number of nitro groups is 1. The van der Waals surface area contributed by atoms with Gasteiger partial charge in [0, 0.05) is 22.7 Å². The van der Waals surface area contributed by atoms with Gasteiger partial charge in [-0.15, -0.1) is 0 Å². The van der Waals surface area contributed by atoms with Crippen LogP contribution in [0.3, 0.4) is 0 Å². The normalized spacial score (nSPS) is 10.8. The third-order valence-corrected chi connectivity index (χ3v) is 5.89. The summed E-state index contributed by atoms with van der Waals surface area (Å²) in [5.74, 6) is 0.307. The summed E-state index contributed by atoms with van der Waals surface area (Å²) in [7, 11) is 0. The van der Waals surface area contributed by atoms with Crippen LogP contribution in [0.4, 0.5) is 5.69 Å². The van der Waals surface area contributed by atoms with Gasteiger partial charge in [-0.25, -0.2) is 5.43 Å². The van der Waals surface area contributed by atoms with E-state index >= 15 is 0 Å². The number of halogens is 3. The zero-order valence-electron chi connectivity index (χ0n) is 15.7. The molecular weight excluding hydrogens is 648 g/mol. The maximum absolute atomic E-state index is 12.1. The Balaban J connectivity index is 1.62. The summed E-state index contributed by atoms with van der Waals surface area (Å²) in [4.78, 5) is 22.3. The molecule has 0 bridgehead atoms. The number of nitro benzene ring substituents is 1. The summed E-state index contributed by atoms with van der Waals surface area (Å²) in [5, 5.41) is 15.3. The number of ether oxygens (including phenoxy) is 1. The summed E-state index contributed by atoms with van der Waals surface area (Å²) in [6.07, 6.45) is 1.52. The number of hydrazone groups is 1. The smallest absolute Gasteiger partial charge is 0.271 e. The van der Waals surface area contributed by atoms with Crippen molar-refractivity contribution in [3.8, 4) is 5.75 Å². The van der Waals surface area contributed by atoms with Crippen molar-refractivity contribution >= 4 is 74.6 Å². The lowest BCUT2D eigenvalue weighted by Gasteiger charge is -2.11. The standard InChI is InChI=1S/C21H14ClI2N3O4/c22-16-5-1-13(2-6-16)12-31-20-18(23)9-14(10-19(20)24)11-25-26-21(28)15-3-7-17(8-4-15)27(29)30/h1-11H,12H2,(H,26,28)/b25-11-. The fourth-order valence-electron chi connectivity index (χ4n) is 2.49. The van der Waals surface area contributed by atoms with E-state index in [9.17, 15) is 14.9 Å². The fraction of sp³-hybridized carbons (Fsp3) is 0.0476. The summed E-state index contributed by atoms with van der Waals surface area (Å²) in [6.45, 7) is 0.419. The number of hydrogen-bond donors (Lipinski definition) is 1. The van der Waals surface area contributed by atoms with Crippen LogP contribution in [0.1, 0.15) is 21.5 Å². The van der Waals surface area contributed by atoms with Crippen molar-refractivity contribution in [3.05, 3.63) is 99.6 Å². The van der Waals surface area contributed by atoms with Gasteiger partial charge in [-0.3, -0.25) is 14.9 Å². The molecule has 0 aliphatic heterocycles. The van der Waals surface area contributed by atoms with Crippen LogP contribution < -0.4 is 10.2 Å². The average Bonchev–Trinajstić information content (AvgIpc) is 2.74. The van der Waals surface area contributed by atoms with Crippen LogP contribution in [-0.4, -0.2) is 17.0 Å². The molecule has 0 saturated heterocycles. The minimum atomic E-state index is -0.522. The molecule has 0 unspecified atom stereocenters. The largest absolute Gasteiger partial charge is 0.487 e. The lowest BCUT2D eigenvalue weighted by Crippen LogP contribution is -2.17. The summed E-state index contributed by atoms with van der Waals surface area (Å²) in [6, 6.07) is 16.5. The molecule has 0 aliphatic carbocycles. The Morgan fingerprint density at radius 2 is 1.71 bits per heavy atom. The molecule has 1 N–H and O–H groups in total. The van der Waals surface area contributed by atoms with Crippen LogP contribution in [0, 0.1) is 17.3 Å². The van der Waals surface area contributed by atoms with Gasteiger partial charge in [-0.2, -0.15) is 5.10 Å². The molecule has 1 amide bonds. The lowest BCUT2D eigenvalue weighted by molar-refractivity contribution is -0.384. The number of rotatable bonds is 7. The molecule has 31 heavy (non-hydrogen) atoms. The van der Waals surface area contributed by atoms with E-state index in [1.54, 1.807) is 0 Å². The van der Waals surface area contributed by atoms with E-state index in [1.165, 1.54) is 30.5 Å². The minimum absolute atomic E-state index is 0.0810. The molecular formula is C21H14ClI2N3O4. The second kappa shape index (κ2) is 10.9. The Labute approximate surface area is 210 Å². The summed E-state index contributed by atoms with van der Waals surface area (Å²) < 4.78 is 7.76. The first kappa shape index (κ1) is 23.4. The first-order chi connectivity index (χ1) is 14.8. The number of carbonyl (C=O) groups is 1. The lowest BCUT2D eigenvalue weighted by atomic mass is 10.2. The van der Waals surface area contributed by atoms with Crippen LogP contribution >= 0.6 is 56.8 Å². The van der Waals surface area contributed by atoms with Crippen molar-refractivity contribution in [1.82, 2.24) is 5.43 Å². The summed E-state index contributed by atoms with van der Waals surface area (Å²) in [5.41, 5.74) is 4.41. The van der Waals surface area contributed by atoms with Gasteiger partial charge in [0.15, 0.2) is 0 Å². The maximum atomic E-state index is 12.1. The van der Waals surface area contributed by atoms with Crippen LogP contribution in [0.5, 0.6) is 5.75 Å². The highest BCUT2D eigenvalue weighted by atomic mass is 127. The van der Waals surface area contributed by atoms with E-state index in [1.807, 2.05) is 36.4 Å². The van der Waals surface area contributed by atoms with Crippen molar-refractivity contribution in [3.63, 3.8) is 0 Å². The monoisotopic (exact) mass is 661 g/mol. The van der Waals surface area contributed by atoms with Crippen LogP contribution in [0.15, 0.2) is 65.8 Å². The quantitative estimate of drug-likeness (QED) is 0.150. The molecule has 7 nitrogen and oxygen atoms in total. The molecule has 0 aliphatic rings. The van der Waals surface area contributed by atoms with Crippen LogP contribution in [0.25, 0.3) is 0 Å². The Bertz CT molecular complexity index is 1110. The predicted molar refractivity (Wildman–Crippen MR) is 136 cm³/mol. The number of non-ortho nitro benzene ring substituents is 1. The third-order valence-electron chi connectivity index (χ3n) is 4.04. The molecule has 3 aromatic carbocycles. The van der Waals surface area contributed by atoms with Crippen molar-refractivity contribution in [1.29, 1.82) is 0 Å². The molecule has 158 valence electrons. The van der Waals surface area contributed by atoms with Crippen molar-refractivity contribution < 1.29 is 14.5 Å². The van der Waals surface area contributed by atoms with Gasteiger partial charge < -0.3 is 4.74 Å². The van der Waals surface area contributed by atoms with Crippen molar-refractivity contribution in [2.24, 2.45) is 5.10 Å². The van der Waals surface area contributed by atoms with E-state index < -0.39 is 10.8 Å². The van der Waals surface area contributed by atoms with Gasteiger partial charge in [0.1, 0.15) is 12.4 Å². The zero-order chi connectivity index (χ0) is 22.4. The van der Waals surface area contributed by atoms with E-state index in [2.05, 4.69) is 55.7 Å². The van der Waals surface area contributed by atoms with E-state index in [4.69, 9.17) is 16.3 Å². The molecule has 0 aromatic heterocycles. The highest BCUT2D eigenvalue weighted by molar-refractivity contribution is 14.1. The predicted octanol–water partition coefficient (Wildman–Crippen LogP) is 5.80. The number of carbonyl (C=O) groups excluding carboxylic acids is 1. The van der Waals surface area contributed by atoms with E-state index in [0.717, 1.165) is 24.0 Å². The Hall–Kier alpha value is -2.25. The zero-order valence-corrected chi connectivity index (χ0v) is 20.8. The molecule has 0 fully saturated rings. The minimum Gasteiger partial charge on any atom is -0.487 e. The molecule has 0 heterocycles. The second-order valence-electron chi connectivity index (χ2n) is 6.23. The molecule has 3 aromatic rings. The number of amides is 1. The molecule has 0 spiro atoms. The Morgan fingerprint density at radius 3 is 2.29 bits per heavy atom. The van der Waals surface area contributed by atoms with E-state index in [-0.39, 0.29) is 11.3 Å². The summed E-state index contributed by atoms with van der Waals surface area (Å²) >= 11 is 10.3. The third kappa shape index (κ3) is 6.61. The van der Waals surface area contributed by atoms with Gasteiger partial charge in [-0.05, 0) is 92.7 Å². The number of nitrogens with one attached hydrogen (secondary N) is 1. The first-order valence-corrected chi connectivity index (χ1v) is 11.3. The molecule has 0 radical (unpaired) electrons. The van der Waals surface area contributed by atoms with Gasteiger partial charge in [0.05, 0.1) is 18.3 Å². The molecule has 0 atom stereocenters. The number of hydrogen-bond acceptors (Lipinski definition) is 5. The molecule has 3 rings (SSSR count). The van der Waals surface area contributed by atoms with Gasteiger partial charge >= 0.3 is 0 Å². The van der Waals surface area contributed by atoms with Crippen LogP contribution in [0.2, 0.25) is 5.02 Å². The van der Waals surface area contributed by atoms with Gasteiger partial charge in [-0.1, -0.05) is 23.7 Å². The van der Waals surface area contributed by atoms with Crippen molar-refractivity contribution in [2.45, 2.75) is 6.61 Å². The number of benzene rings is 3. The highest BCUT2D eigenvalue weighted by Gasteiger charge is 2.10. The SMILES string of the molecule is O=C(N/N=C\c1cc(I)c(OCc2ccc(Cl)cc2)c(I)c1)c1ccc([N+](=O)[O-])cc1. The van der Waals surface area contributed by atoms with Gasteiger partial charge in [0.2, 0.25) is 0 Å². The maximum Gasteiger partial charge on any atom is 0.271 e. The number of nitrogens with zero attached hydrogens (tertiary/aromatic N) is 2. The van der Waals surface area contributed by atoms with Crippen molar-refractivity contribution in [2.75, 3.05) is 0 Å². The Morgan fingerprint density at radius 1 is 1.10 bits per heavy atom. The first-order valence-electron chi connectivity index (χ1n) is 8.77. The topological polar surface area (TPSA) is 93.8 Å². The van der Waals surface area contributed by atoms with Crippen LogP contribution in [-0.2, 0) is 6.61 Å².